The van der Waals surface area contributed by atoms with Crippen LogP contribution in [0.1, 0.15) is 16.8 Å². The van der Waals surface area contributed by atoms with Crippen LogP contribution in [0.2, 0.25) is 0 Å². The van der Waals surface area contributed by atoms with Gasteiger partial charge >= 0.3 is 0 Å². The van der Waals surface area contributed by atoms with Gasteiger partial charge in [-0.1, -0.05) is 36.0 Å². The zero-order valence-electron chi connectivity index (χ0n) is 15.1. The summed E-state index contributed by atoms with van der Waals surface area (Å²) in [7, 11) is 0. The molecular formula is C20H17N3O3S2. The van der Waals surface area contributed by atoms with Gasteiger partial charge in [0.05, 0.1) is 21.2 Å². The number of nitro groups is 1. The second kappa shape index (κ2) is 7.81. The van der Waals surface area contributed by atoms with Crippen LogP contribution in [0, 0.1) is 17.0 Å². The molecule has 0 spiro atoms. The second-order valence-electron chi connectivity index (χ2n) is 6.40. The molecule has 1 aromatic heterocycles. The van der Waals surface area contributed by atoms with Crippen molar-refractivity contribution in [2.45, 2.75) is 29.1 Å². The molecule has 0 bridgehead atoms. The van der Waals surface area contributed by atoms with Gasteiger partial charge in [0.1, 0.15) is 0 Å². The number of nitro benzene ring substituents is 1. The van der Waals surface area contributed by atoms with Gasteiger partial charge < -0.3 is 0 Å². The number of rotatable bonds is 5. The van der Waals surface area contributed by atoms with Gasteiger partial charge in [-0.3, -0.25) is 19.5 Å². The van der Waals surface area contributed by atoms with Gasteiger partial charge in [-0.05, 0) is 30.2 Å². The van der Waals surface area contributed by atoms with Crippen LogP contribution in [0.5, 0.6) is 0 Å². The molecule has 2 aromatic carbocycles. The van der Waals surface area contributed by atoms with E-state index in [-0.39, 0.29) is 11.2 Å². The molecule has 0 saturated heterocycles. The molecule has 8 heteroatoms. The highest BCUT2D eigenvalue weighted by molar-refractivity contribution is 7.99. The fourth-order valence-electron chi connectivity index (χ4n) is 3.05. The Bertz CT molecular complexity index is 1110. The van der Waals surface area contributed by atoms with Crippen LogP contribution >= 0.6 is 23.5 Å². The first-order chi connectivity index (χ1) is 13.5. The Labute approximate surface area is 170 Å². The molecule has 0 aliphatic carbocycles. The third-order valence-corrected chi connectivity index (χ3v) is 6.70. The van der Waals surface area contributed by atoms with Crippen molar-refractivity contribution in [3.05, 3.63) is 85.8 Å². The van der Waals surface area contributed by atoms with E-state index in [0.717, 1.165) is 17.9 Å². The lowest BCUT2D eigenvalue weighted by molar-refractivity contribution is -0.384. The number of hydrogen-bond acceptors (Lipinski definition) is 6. The van der Waals surface area contributed by atoms with E-state index in [1.54, 1.807) is 16.7 Å². The number of fused-ring (bicyclic) bond motifs is 1. The van der Waals surface area contributed by atoms with Gasteiger partial charge in [0.15, 0.2) is 5.16 Å². The fourth-order valence-corrected chi connectivity index (χ4v) is 5.18. The van der Waals surface area contributed by atoms with E-state index in [2.05, 4.69) is 19.1 Å². The van der Waals surface area contributed by atoms with E-state index in [1.807, 2.05) is 12.1 Å². The summed E-state index contributed by atoms with van der Waals surface area (Å²) in [6.07, 6.45) is 0.786. The van der Waals surface area contributed by atoms with Gasteiger partial charge in [-0.15, -0.1) is 11.8 Å². The predicted octanol–water partition coefficient (Wildman–Crippen LogP) is 4.39. The number of non-ortho nitro benzene ring substituents is 1. The summed E-state index contributed by atoms with van der Waals surface area (Å²) in [6.45, 7) is 2.06. The van der Waals surface area contributed by atoms with E-state index in [0.29, 0.717) is 21.5 Å². The molecule has 0 unspecified atom stereocenters. The molecule has 4 rings (SSSR count). The predicted molar refractivity (Wildman–Crippen MR) is 112 cm³/mol. The van der Waals surface area contributed by atoms with Crippen LogP contribution in [0.25, 0.3) is 5.69 Å². The first kappa shape index (κ1) is 18.8. The first-order valence-corrected chi connectivity index (χ1v) is 10.7. The molecule has 1 aliphatic rings. The topological polar surface area (TPSA) is 78.0 Å². The average Bonchev–Trinajstić information content (AvgIpc) is 3.16. The van der Waals surface area contributed by atoms with Crippen LogP contribution in [0.4, 0.5) is 5.69 Å². The summed E-state index contributed by atoms with van der Waals surface area (Å²) < 4.78 is 1.57. The third-order valence-electron chi connectivity index (χ3n) is 4.60. The Balaban J connectivity index is 1.77. The Morgan fingerprint density at radius 1 is 1.21 bits per heavy atom. The Hall–Kier alpha value is -2.58. The summed E-state index contributed by atoms with van der Waals surface area (Å²) in [4.78, 5) is 29.1. The van der Waals surface area contributed by atoms with Gasteiger partial charge in [-0.2, -0.15) is 0 Å². The summed E-state index contributed by atoms with van der Waals surface area (Å²) in [5.74, 6) is 1.54. The maximum Gasteiger partial charge on any atom is 0.272 e. The normalized spacial score (nSPS) is 12.8. The maximum absolute atomic E-state index is 13.1. The third kappa shape index (κ3) is 3.57. The highest BCUT2D eigenvalue weighted by atomic mass is 32.2. The van der Waals surface area contributed by atoms with Gasteiger partial charge in [0.2, 0.25) is 0 Å². The SMILES string of the molecule is Cc1ccccc1CSc1nc2c(c(=O)n1-c1ccc([N+](=O)[O-])cc1)SCC2. The molecule has 0 saturated carbocycles. The largest absolute Gasteiger partial charge is 0.272 e. The molecular weight excluding hydrogens is 394 g/mol. The van der Waals surface area contributed by atoms with Gasteiger partial charge in [0.25, 0.3) is 11.2 Å². The van der Waals surface area contributed by atoms with Gasteiger partial charge in [0, 0.05) is 30.1 Å². The zero-order chi connectivity index (χ0) is 19.7. The summed E-state index contributed by atoms with van der Waals surface area (Å²) in [5, 5.41) is 11.6. The van der Waals surface area contributed by atoms with E-state index in [4.69, 9.17) is 4.98 Å². The molecule has 1 aliphatic heterocycles. The Morgan fingerprint density at radius 3 is 2.68 bits per heavy atom. The van der Waals surface area contributed by atoms with Crippen molar-refractivity contribution < 1.29 is 4.92 Å². The molecule has 2 heterocycles. The first-order valence-electron chi connectivity index (χ1n) is 8.75. The maximum atomic E-state index is 13.1. The number of thioether (sulfide) groups is 2. The van der Waals surface area contributed by atoms with Crippen LogP contribution in [-0.2, 0) is 12.2 Å². The molecule has 142 valence electrons. The molecule has 28 heavy (non-hydrogen) atoms. The number of aromatic nitrogens is 2. The van der Waals surface area contributed by atoms with Crippen LogP contribution in [0.15, 0.2) is 63.4 Å². The minimum absolute atomic E-state index is 0.00518. The summed E-state index contributed by atoms with van der Waals surface area (Å²) >= 11 is 3.03. The molecule has 0 N–H and O–H groups in total. The number of nitrogens with zero attached hydrogens (tertiary/aromatic N) is 3. The van der Waals surface area contributed by atoms with E-state index >= 15 is 0 Å². The van der Waals surface area contributed by atoms with Crippen molar-refractivity contribution >= 4 is 29.2 Å². The minimum atomic E-state index is -0.447. The number of hydrogen-bond donors (Lipinski definition) is 0. The lowest BCUT2D eigenvalue weighted by Crippen LogP contribution is -2.23. The van der Waals surface area contributed by atoms with Crippen LogP contribution in [-0.4, -0.2) is 20.2 Å². The van der Waals surface area contributed by atoms with Crippen molar-refractivity contribution in [1.29, 1.82) is 0 Å². The highest BCUT2D eigenvalue weighted by Gasteiger charge is 2.23. The Kier molecular flexibility index (Phi) is 5.23. The molecule has 0 amide bonds. The minimum Gasteiger partial charge on any atom is -0.268 e. The van der Waals surface area contributed by atoms with Crippen molar-refractivity contribution in [1.82, 2.24) is 9.55 Å². The molecule has 0 fully saturated rings. The zero-order valence-corrected chi connectivity index (χ0v) is 16.8. The average molecular weight is 412 g/mol. The molecule has 0 atom stereocenters. The van der Waals surface area contributed by atoms with Crippen LogP contribution in [0.3, 0.4) is 0 Å². The lowest BCUT2D eigenvalue weighted by atomic mass is 10.1. The van der Waals surface area contributed by atoms with Crippen molar-refractivity contribution in [2.75, 3.05) is 5.75 Å². The summed E-state index contributed by atoms with van der Waals surface area (Å²) in [5.41, 5.74) is 3.71. The number of aryl methyl sites for hydroxylation is 2. The molecule has 3 aromatic rings. The molecule has 6 nitrogen and oxygen atoms in total. The van der Waals surface area contributed by atoms with E-state index in [1.165, 1.54) is 46.8 Å². The second-order valence-corrected chi connectivity index (χ2v) is 8.45. The van der Waals surface area contributed by atoms with E-state index < -0.39 is 4.92 Å². The van der Waals surface area contributed by atoms with E-state index in [9.17, 15) is 14.9 Å². The smallest absolute Gasteiger partial charge is 0.268 e. The fraction of sp³-hybridized carbons (Fsp3) is 0.200. The van der Waals surface area contributed by atoms with Crippen molar-refractivity contribution in [2.24, 2.45) is 0 Å². The standard InChI is InChI=1S/C20H17N3O3S2/c1-13-4-2-3-5-14(13)12-28-20-21-17-10-11-27-18(17)19(24)22(20)15-6-8-16(9-7-15)23(25)26/h2-9H,10-12H2,1H3. The highest BCUT2D eigenvalue weighted by Crippen LogP contribution is 2.31. The van der Waals surface area contributed by atoms with Crippen molar-refractivity contribution in [3.63, 3.8) is 0 Å². The number of benzene rings is 2. The lowest BCUT2D eigenvalue weighted by Gasteiger charge is -2.14. The van der Waals surface area contributed by atoms with Crippen molar-refractivity contribution in [3.8, 4) is 5.69 Å². The van der Waals surface area contributed by atoms with Crippen LogP contribution < -0.4 is 5.56 Å². The molecule has 0 radical (unpaired) electrons. The monoisotopic (exact) mass is 411 g/mol. The van der Waals surface area contributed by atoms with Gasteiger partial charge in [-0.25, -0.2) is 4.98 Å². The quantitative estimate of drug-likeness (QED) is 0.268. The summed E-state index contributed by atoms with van der Waals surface area (Å²) in [6, 6.07) is 14.2. The Morgan fingerprint density at radius 2 is 1.96 bits per heavy atom.